The van der Waals surface area contributed by atoms with Crippen LogP contribution in [0.4, 0.5) is 10.1 Å². The summed E-state index contributed by atoms with van der Waals surface area (Å²) in [5, 5.41) is 3.80. The first-order chi connectivity index (χ1) is 9.27. The van der Waals surface area contributed by atoms with Gasteiger partial charge in [0, 0.05) is 12.5 Å². The molecule has 0 saturated carbocycles. The summed E-state index contributed by atoms with van der Waals surface area (Å²) in [6.07, 6.45) is 0. The lowest BCUT2D eigenvalue weighted by Gasteiger charge is -2.18. The van der Waals surface area contributed by atoms with E-state index in [1.807, 2.05) is 12.1 Å². The van der Waals surface area contributed by atoms with Crippen LogP contribution in [0.2, 0.25) is 0 Å². The average Bonchev–Trinajstić information content (AvgIpc) is 2.68. The van der Waals surface area contributed by atoms with Crippen LogP contribution in [-0.4, -0.2) is 10.9 Å². The van der Waals surface area contributed by atoms with Gasteiger partial charge in [0.2, 0.25) is 5.91 Å². The first-order valence-electron chi connectivity index (χ1n) is 6.42. The summed E-state index contributed by atoms with van der Waals surface area (Å²) >= 11 is 1.28. The monoisotopic (exact) mass is 289 g/mol. The molecule has 0 atom stereocenters. The third-order valence-corrected chi connectivity index (χ3v) is 3.76. The van der Waals surface area contributed by atoms with E-state index in [0.717, 1.165) is 11.3 Å². The van der Waals surface area contributed by atoms with Crippen LogP contribution >= 0.6 is 11.3 Å². The molecule has 0 aliphatic rings. The predicted molar refractivity (Wildman–Crippen MR) is 85.0 cm³/mol. The standard InChI is InChI=1S/C15H19N3OS/c1-9(19)17-14-18-12(13(16)20-14)10-5-7-11(8-6-10)15(2,3)4/h5-8H,16H2,1-4H3,(H,17,18,19). The van der Waals surface area contributed by atoms with E-state index in [0.29, 0.717) is 10.1 Å². The van der Waals surface area contributed by atoms with Crippen molar-refractivity contribution in [3.8, 4) is 11.3 Å². The molecule has 1 heterocycles. The third kappa shape index (κ3) is 3.17. The smallest absolute Gasteiger partial charge is 0.223 e. The van der Waals surface area contributed by atoms with E-state index in [1.54, 1.807) is 0 Å². The molecule has 106 valence electrons. The Balaban J connectivity index is 2.32. The van der Waals surface area contributed by atoms with Crippen molar-refractivity contribution in [3.05, 3.63) is 29.8 Å². The van der Waals surface area contributed by atoms with Gasteiger partial charge in [0.25, 0.3) is 0 Å². The summed E-state index contributed by atoms with van der Waals surface area (Å²) in [5.41, 5.74) is 9.04. The van der Waals surface area contributed by atoms with E-state index in [4.69, 9.17) is 5.73 Å². The van der Waals surface area contributed by atoms with E-state index in [2.05, 4.69) is 43.2 Å². The van der Waals surface area contributed by atoms with Gasteiger partial charge in [-0.05, 0) is 11.0 Å². The molecule has 0 bridgehead atoms. The van der Waals surface area contributed by atoms with Crippen molar-refractivity contribution in [2.75, 3.05) is 11.1 Å². The number of carbonyl (C=O) groups is 1. The molecule has 1 aromatic carbocycles. The highest BCUT2D eigenvalue weighted by atomic mass is 32.1. The second-order valence-electron chi connectivity index (χ2n) is 5.74. The van der Waals surface area contributed by atoms with Gasteiger partial charge in [0.15, 0.2) is 5.13 Å². The number of nitrogen functional groups attached to an aromatic ring is 1. The number of carbonyl (C=O) groups excluding carboxylic acids is 1. The van der Waals surface area contributed by atoms with Crippen LogP contribution in [0.25, 0.3) is 11.3 Å². The SMILES string of the molecule is CC(=O)Nc1nc(-c2ccc(C(C)(C)C)cc2)c(N)s1. The number of aromatic nitrogens is 1. The molecule has 20 heavy (non-hydrogen) atoms. The molecule has 0 unspecified atom stereocenters. The maximum Gasteiger partial charge on any atom is 0.223 e. The Morgan fingerprint density at radius 3 is 2.35 bits per heavy atom. The van der Waals surface area contributed by atoms with Crippen molar-refractivity contribution in [2.45, 2.75) is 33.1 Å². The summed E-state index contributed by atoms with van der Waals surface area (Å²) in [5.74, 6) is -0.145. The van der Waals surface area contributed by atoms with Crippen LogP contribution in [0.5, 0.6) is 0 Å². The maximum atomic E-state index is 11.0. The number of thiazole rings is 1. The van der Waals surface area contributed by atoms with E-state index >= 15 is 0 Å². The molecule has 4 nitrogen and oxygen atoms in total. The third-order valence-electron chi connectivity index (χ3n) is 2.96. The second-order valence-corrected chi connectivity index (χ2v) is 6.77. The second kappa shape index (κ2) is 5.25. The van der Waals surface area contributed by atoms with Crippen molar-refractivity contribution >= 4 is 27.4 Å². The molecule has 0 fully saturated rings. The molecule has 5 heteroatoms. The number of nitrogens with two attached hydrogens (primary N) is 1. The van der Waals surface area contributed by atoms with E-state index in [1.165, 1.54) is 23.8 Å². The van der Waals surface area contributed by atoms with Crippen LogP contribution in [0.15, 0.2) is 24.3 Å². The maximum absolute atomic E-state index is 11.0. The first-order valence-corrected chi connectivity index (χ1v) is 7.24. The van der Waals surface area contributed by atoms with Gasteiger partial charge in [-0.2, -0.15) is 0 Å². The number of hydrogen-bond donors (Lipinski definition) is 2. The highest BCUT2D eigenvalue weighted by Crippen LogP contribution is 2.34. The number of nitrogens with one attached hydrogen (secondary N) is 1. The van der Waals surface area contributed by atoms with E-state index in [9.17, 15) is 4.79 Å². The molecule has 1 aromatic heterocycles. The van der Waals surface area contributed by atoms with Crippen LogP contribution < -0.4 is 11.1 Å². The lowest BCUT2D eigenvalue weighted by Crippen LogP contribution is -2.10. The van der Waals surface area contributed by atoms with Crippen LogP contribution in [-0.2, 0) is 10.2 Å². The first kappa shape index (κ1) is 14.5. The topological polar surface area (TPSA) is 68.0 Å². The summed E-state index contributed by atoms with van der Waals surface area (Å²) < 4.78 is 0. The highest BCUT2D eigenvalue weighted by Gasteiger charge is 2.15. The number of rotatable bonds is 2. The molecule has 3 N–H and O–H groups in total. The van der Waals surface area contributed by atoms with Crippen molar-refractivity contribution in [1.82, 2.24) is 4.98 Å². The largest absolute Gasteiger partial charge is 0.389 e. The normalized spacial score (nSPS) is 11.4. The number of amides is 1. The highest BCUT2D eigenvalue weighted by molar-refractivity contribution is 7.20. The van der Waals surface area contributed by atoms with Gasteiger partial charge in [-0.3, -0.25) is 4.79 Å². The van der Waals surface area contributed by atoms with Crippen LogP contribution in [0.1, 0.15) is 33.3 Å². The van der Waals surface area contributed by atoms with Crippen molar-refractivity contribution in [2.24, 2.45) is 0 Å². The van der Waals surface area contributed by atoms with Crippen molar-refractivity contribution < 1.29 is 4.79 Å². The predicted octanol–water partition coefficient (Wildman–Crippen LogP) is 3.65. The van der Waals surface area contributed by atoms with Gasteiger partial charge in [0.05, 0.1) is 0 Å². The van der Waals surface area contributed by atoms with Crippen molar-refractivity contribution in [3.63, 3.8) is 0 Å². The van der Waals surface area contributed by atoms with Gasteiger partial charge in [-0.1, -0.05) is 56.4 Å². The fourth-order valence-corrected chi connectivity index (χ4v) is 2.67. The van der Waals surface area contributed by atoms with Gasteiger partial charge in [-0.25, -0.2) is 4.98 Å². The number of nitrogens with zero attached hydrogens (tertiary/aromatic N) is 1. The molecule has 0 radical (unpaired) electrons. The Hall–Kier alpha value is -1.88. The lowest BCUT2D eigenvalue weighted by molar-refractivity contribution is -0.114. The molecule has 2 aromatic rings. The Morgan fingerprint density at radius 2 is 1.85 bits per heavy atom. The van der Waals surface area contributed by atoms with Gasteiger partial charge in [-0.15, -0.1) is 0 Å². The zero-order valence-electron chi connectivity index (χ0n) is 12.2. The van der Waals surface area contributed by atoms with E-state index in [-0.39, 0.29) is 11.3 Å². The van der Waals surface area contributed by atoms with Crippen LogP contribution in [0.3, 0.4) is 0 Å². The van der Waals surface area contributed by atoms with Crippen molar-refractivity contribution in [1.29, 1.82) is 0 Å². The zero-order chi connectivity index (χ0) is 14.9. The summed E-state index contributed by atoms with van der Waals surface area (Å²) in [6, 6.07) is 8.21. The lowest BCUT2D eigenvalue weighted by atomic mass is 9.86. The molecule has 0 spiro atoms. The summed E-state index contributed by atoms with van der Waals surface area (Å²) in [4.78, 5) is 15.4. The Bertz CT molecular complexity index is 624. The zero-order valence-corrected chi connectivity index (χ0v) is 13.0. The summed E-state index contributed by atoms with van der Waals surface area (Å²) in [7, 11) is 0. The quantitative estimate of drug-likeness (QED) is 0.886. The molecule has 0 saturated heterocycles. The Kier molecular flexibility index (Phi) is 3.81. The fraction of sp³-hybridized carbons (Fsp3) is 0.333. The molecule has 1 amide bonds. The minimum absolute atomic E-state index is 0.119. The number of anilines is 2. The molecular formula is C15H19N3OS. The van der Waals surface area contributed by atoms with Gasteiger partial charge < -0.3 is 11.1 Å². The van der Waals surface area contributed by atoms with Gasteiger partial charge >= 0.3 is 0 Å². The number of benzene rings is 1. The molecule has 0 aliphatic carbocycles. The minimum atomic E-state index is -0.145. The fourth-order valence-electron chi connectivity index (χ4n) is 1.87. The molecular weight excluding hydrogens is 270 g/mol. The number of hydrogen-bond acceptors (Lipinski definition) is 4. The van der Waals surface area contributed by atoms with Gasteiger partial charge in [0.1, 0.15) is 10.7 Å². The summed E-state index contributed by atoms with van der Waals surface area (Å²) in [6.45, 7) is 7.98. The minimum Gasteiger partial charge on any atom is -0.389 e. The van der Waals surface area contributed by atoms with Crippen LogP contribution in [0, 0.1) is 0 Å². The average molecular weight is 289 g/mol. The Labute approximate surface area is 123 Å². The van der Waals surface area contributed by atoms with E-state index < -0.39 is 0 Å². The Morgan fingerprint density at radius 1 is 1.25 bits per heavy atom. The molecule has 2 rings (SSSR count). The molecule has 0 aliphatic heterocycles.